The summed E-state index contributed by atoms with van der Waals surface area (Å²) in [7, 11) is 0. The van der Waals surface area contributed by atoms with Gasteiger partial charge in [-0.3, -0.25) is 4.79 Å². The number of ether oxygens (including phenoxy) is 2. The second-order valence-corrected chi connectivity index (χ2v) is 6.52. The maximum Gasteiger partial charge on any atom is 0.350 e. The lowest BCUT2D eigenvalue weighted by atomic mass is 10.3. The fourth-order valence-corrected chi connectivity index (χ4v) is 2.80. The molecule has 0 saturated heterocycles. The first-order valence-corrected chi connectivity index (χ1v) is 8.41. The number of nitrogens with zero attached hydrogens (tertiary/aromatic N) is 1. The number of aromatic nitrogens is 1. The van der Waals surface area contributed by atoms with E-state index in [1.807, 2.05) is 6.92 Å². The highest BCUT2D eigenvalue weighted by molar-refractivity contribution is 7.13. The van der Waals surface area contributed by atoms with Gasteiger partial charge in [0.2, 0.25) is 0 Å². The Balaban J connectivity index is 1.65. The van der Waals surface area contributed by atoms with E-state index in [-0.39, 0.29) is 12.5 Å². The summed E-state index contributed by atoms with van der Waals surface area (Å²) < 4.78 is 10.4. The van der Waals surface area contributed by atoms with Gasteiger partial charge in [0.1, 0.15) is 17.2 Å². The van der Waals surface area contributed by atoms with Crippen LogP contribution in [0.15, 0.2) is 24.3 Å². The van der Waals surface area contributed by atoms with Gasteiger partial charge in [0.25, 0.3) is 5.91 Å². The van der Waals surface area contributed by atoms with E-state index < -0.39 is 5.97 Å². The predicted molar refractivity (Wildman–Crippen MR) is 91.8 cm³/mol. The molecule has 8 heteroatoms. The Morgan fingerprint density at radius 2 is 1.96 bits per heavy atom. The van der Waals surface area contributed by atoms with Crippen molar-refractivity contribution in [1.82, 2.24) is 10.3 Å². The minimum Gasteiger partial charge on any atom is -0.492 e. The van der Waals surface area contributed by atoms with Crippen LogP contribution < -0.4 is 10.1 Å². The number of benzene rings is 1. The molecule has 1 aromatic heterocycles. The zero-order chi connectivity index (χ0) is 17.5. The van der Waals surface area contributed by atoms with Crippen molar-refractivity contribution >= 4 is 34.8 Å². The van der Waals surface area contributed by atoms with Gasteiger partial charge in [-0.25, -0.2) is 9.78 Å². The highest BCUT2D eigenvalue weighted by Crippen LogP contribution is 2.18. The molecule has 0 spiro atoms. The number of aryl methyl sites for hydroxylation is 2. The number of rotatable bonds is 7. The number of thiazole rings is 1. The molecule has 0 aliphatic rings. The molecule has 1 aromatic carbocycles. The number of nitrogens with one attached hydrogen (secondary N) is 1. The molecule has 2 rings (SSSR count). The Labute approximate surface area is 148 Å². The lowest BCUT2D eigenvalue weighted by Crippen LogP contribution is -2.32. The number of halogens is 1. The van der Waals surface area contributed by atoms with Crippen LogP contribution in [0.1, 0.15) is 20.4 Å². The fraction of sp³-hybridized carbons (Fsp3) is 0.312. The maximum absolute atomic E-state index is 11.9. The molecule has 2 aromatic rings. The monoisotopic (exact) mass is 368 g/mol. The third-order valence-corrected chi connectivity index (χ3v) is 4.23. The second-order valence-electron chi connectivity index (χ2n) is 4.88. The lowest BCUT2D eigenvalue weighted by molar-refractivity contribution is -0.124. The van der Waals surface area contributed by atoms with E-state index in [2.05, 4.69) is 10.3 Å². The van der Waals surface area contributed by atoms with Gasteiger partial charge < -0.3 is 14.8 Å². The molecule has 0 atom stereocenters. The molecule has 1 N–H and O–H groups in total. The Morgan fingerprint density at radius 3 is 2.58 bits per heavy atom. The first-order chi connectivity index (χ1) is 11.5. The summed E-state index contributed by atoms with van der Waals surface area (Å²) in [4.78, 5) is 28.1. The third kappa shape index (κ3) is 5.50. The number of hydrogen-bond donors (Lipinski definition) is 1. The summed E-state index contributed by atoms with van der Waals surface area (Å²) in [5.41, 5.74) is 0.610. The largest absolute Gasteiger partial charge is 0.492 e. The van der Waals surface area contributed by atoms with Crippen molar-refractivity contribution in [2.75, 3.05) is 19.8 Å². The lowest BCUT2D eigenvalue weighted by Gasteiger charge is -2.08. The summed E-state index contributed by atoms with van der Waals surface area (Å²) in [6.07, 6.45) is 0. The highest BCUT2D eigenvalue weighted by atomic mass is 35.5. The Hall–Kier alpha value is -2.12. The van der Waals surface area contributed by atoms with E-state index in [4.69, 9.17) is 21.1 Å². The number of carbonyl (C=O) groups excluding carboxylic acids is 2. The molecule has 1 heterocycles. The molecule has 0 saturated carbocycles. The van der Waals surface area contributed by atoms with Crippen LogP contribution >= 0.6 is 22.9 Å². The van der Waals surface area contributed by atoms with Crippen LogP contribution in [-0.4, -0.2) is 36.6 Å². The van der Waals surface area contributed by atoms with Crippen molar-refractivity contribution in [3.8, 4) is 5.75 Å². The van der Waals surface area contributed by atoms with Crippen molar-refractivity contribution < 1.29 is 19.1 Å². The molecule has 0 radical (unpaired) electrons. The molecule has 128 valence electrons. The van der Waals surface area contributed by atoms with E-state index in [1.54, 1.807) is 31.2 Å². The molecule has 1 amide bonds. The predicted octanol–water partition coefficient (Wildman–Crippen LogP) is 2.77. The second kappa shape index (κ2) is 8.65. The Morgan fingerprint density at radius 1 is 1.25 bits per heavy atom. The molecule has 0 unspecified atom stereocenters. The quantitative estimate of drug-likeness (QED) is 0.600. The molecule has 6 nitrogen and oxygen atoms in total. The van der Waals surface area contributed by atoms with Crippen molar-refractivity contribution in [2.24, 2.45) is 0 Å². The summed E-state index contributed by atoms with van der Waals surface area (Å²) >= 11 is 7.02. The van der Waals surface area contributed by atoms with Crippen LogP contribution in [0.3, 0.4) is 0 Å². The topological polar surface area (TPSA) is 77.5 Å². The normalized spacial score (nSPS) is 10.3. The summed E-state index contributed by atoms with van der Waals surface area (Å²) in [6, 6.07) is 6.92. The number of amides is 1. The molecular weight excluding hydrogens is 352 g/mol. The SMILES string of the molecule is Cc1nc(C)c(C(=O)OCC(=O)NCCOc2ccc(Cl)cc2)s1. The van der Waals surface area contributed by atoms with Crippen LogP contribution in [0.2, 0.25) is 5.02 Å². The van der Waals surface area contributed by atoms with Gasteiger partial charge >= 0.3 is 5.97 Å². The highest BCUT2D eigenvalue weighted by Gasteiger charge is 2.16. The van der Waals surface area contributed by atoms with E-state index in [0.29, 0.717) is 34.5 Å². The van der Waals surface area contributed by atoms with Crippen molar-refractivity contribution in [3.63, 3.8) is 0 Å². The molecule has 0 fully saturated rings. The van der Waals surface area contributed by atoms with Crippen molar-refractivity contribution in [3.05, 3.63) is 44.9 Å². The van der Waals surface area contributed by atoms with Crippen LogP contribution in [-0.2, 0) is 9.53 Å². The fourth-order valence-electron chi connectivity index (χ4n) is 1.86. The number of esters is 1. The minimum atomic E-state index is -0.536. The van der Waals surface area contributed by atoms with Gasteiger partial charge in [-0.2, -0.15) is 0 Å². The number of carbonyl (C=O) groups is 2. The average Bonchev–Trinajstić information content (AvgIpc) is 2.89. The van der Waals surface area contributed by atoms with E-state index in [9.17, 15) is 9.59 Å². The third-order valence-electron chi connectivity index (χ3n) is 2.93. The molecule has 24 heavy (non-hydrogen) atoms. The van der Waals surface area contributed by atoms with E-state index in [1.165, 1.54) is 11.3 Å². The van der Waals surface area contributed by atoms with E-state index in [0.717, 1.165) is 5.01 Å². The van der Waals surface area contributed by atoms with Gasteiger partial charge in [-0.1, -0.05) is 11.6 Å². The summed E-state index contributed by atoms with van der Waals surface area (Å²) in [5, 5.41) is 4.02. The summed E-state index contributed by atoms with van der Waals surface area (Å²) in [6.45, 7) is 3.80. The van der Waals surface area contributed by atoms with Crippen LogP contribution in [0.25, 0.3) is 0 Å². The summed E-state index contributed by atoms with van der Waals surface area (Å²) in [5.74, 6) is -0.260. The van der Waals surface area contributed by atoms with Gasteiger partial charge in [0.15, 0.2) is 6.61 Å². The van der Waals surface area contributed by atoms with E-state index >= 15 is 0 Å². The van der Waals surface area contributed by atoms with Gasteiger partial charge in [0.05, 0.1) is 17.2 Å². The molecule has 0 aliphatic carbocycles. The number of hydrogen-bond acceptors (Lipinski definition) is 6. The minimum absolute atomic E-state index is 0.300. The first-order valence-electron chi connectivity index (χ1n) is 7.22. The zero-order valence-corrected chi connectivity index (χ0v) is 14.9. The first kappa shape index (κ1) is 18.2. The smallest absolute Gasteiger partial charge is 0.350 e. The van der Waals surface area contributed by atoms with Crippen molar-refractivity contribution in [1.29, 1.82) is 0 Å². The molecular formula is C16H17ClN2O4S. The average molecular weight is 369 g/mol. The Kier molecular flexibility index (Phi) is 6.57. The maximum atomic E-state index is 11.9. The molecule has 0 aliphatic heterocycles. The van der Waals surface area contributed by atoms with Crippen LogP contribution in [0, 0.1) is 13.8 Å². The van der Waals surface area contributed by atoms with Gasteiger partial charge in [0, 0.05) is 5.02 Å². The molecule has 0 bridgehead atoms. The Bertz CT molecular complexity index is 715. The standard InChI is InChI=1S/C16H17ClN2O4S/c1-10-15(24-11(2)19-10)16(21)23-9-14(20)18-7-8-22-13-5-3-12(17)4-6-13/h3-6H,7-9H2,1-2H3,(H,18,20). The van der Waals surface area contributed by atoms with Gasteiger partial charge in [-0.15, -0.1) is 11.3 Å². The zero-order valence-electron chi connectivity index (χ0n) is 13.3. The van der Waals surface area contributed by atoms with Gasteiger partial charge in [-0.05, 0) is 38.1 Å². The van der Waals surface area contributed by atoms with Crippen LogP contribution in [0.4, 0.5) is 0 Å². The van der Waals surface area contributed by atoms with Crippen molar-refractivity contribution in [2.45, 2.75) is 13.8 Å². The van der Waals surface area contributed by atoms with Crippen LogP contribution in [0.5, 0.6) is 5.75 Å².